The van der Waals surface area contributed by atoms with Crippen LogP contribution in [-0.2, 0) is 11.3 Å². The predicted molar refractivity (Wildman–Crippen MR) is 81.6 cm³/mol. The molecule has 1 unspecified atom stereocenters. The molecule has 2 N–H and O–H groups in total. The number of hydrogen-bond donors (Lipinski definition) is 1. The van der Waals surface area contributed by atoms with Crippen molar-refractivity contribution in [1.29, 1.82) is 0 Å². The van der Waals surface area contributed by atoms with E-state index in [4.69, 9.17) is 5.73 Å². The van der Waals surface area contributed by atoms with Crippen LogP contribution in [0.1, 0.15) is 38.2 Å². The van der Waals surface area contributed by atoms with E-state index in [1.54, 1.807) is 0 Å². The van der Waals surface area contributed by atoms with Gasteiger partial charge in [-0.15, -0.1) is 0 Å². The molecule has 1 amide bonds. The van der Waals surface area contributed by atoms with Crippen molar-refractivity contribution in [2.75, 3.05) is 12.3 Å². The van der Waals surface area contributed by atoms with Crippen molar-refractivity contribution in [3.8, 4) is 0 Å². The van der Waals surface area contributed by atoms with Gasteiger partial charge in [0.1, 0.15) is 0 Å². The monoisotopic (exact) mass is 324 g/mol. The molecular weight excluding hydrogens is 304 g/mol. The number of halogens is 1. The lowest BCUT2D eigenvalue weighted by atomic mass is 9.98. The number of anilines is 1. The maximum Gasteiger partial charge on any atom is 0.222 e. The van der Waals surface area contributed by atoms with Crippen molar-refractivity contribution in [2.24, 2.45) is 5.92 Å². The Hall–Kier alpha value is -1.03. The molecule has 0 radical (unpaired) electrons. The number of carbonyl (C=O) groups is 1. The zero-order chi connectivity index (χ0) is 13.8. The predicted octanol–water partition coefficient (Wildman–Crippen LogP) is 3.57. The highest BCUT2D eigenvalue weighted by Crippen LogP contribution is 2.24. The Morgan fingerprint density at radius 3 is 2.84 bits per heavy atom. The van der Waals surface area contributed by atoms with Gasteiger partial charge in [-0.2, -0.15) is 0 Å². The number of benzene rings is 1. The Bertz CT molecular complexity index is 441. The smallest absolute Gasteiger partial charge is 0.222 e. The summed E-state index contributed by atoms with van der Waals surface area (Å²) in [6.45, 7) is 3.74. The number of rotatable bonds is 3. The first-order valence-corrected chi connectivity index (χ1v) is 7.70. The Morgan fingerprint density at radius 1 is 1.37 bits per heavy atom. The van der Waals surface area contributed by atoms with Gasteiger partial charge in [-0.1, -0.05) is 29.3 Å². The third-order valence-electron chi connectivity index (χ3n) is 3.86. The van der Waals surface area contributed by atoms with Crippen molar-refractivity contribution < 1.29 is 4.79 Å². The van der Waals surface area contributed by atoms with Gasteiger partial charge in [-0.05, 0) is 42.5 Å². The van der Waals surface area contributed by atoms with Crippen molar-refractivity contribution in [1.82, 2.24) is 4.90 Å². The Balaban J connectivity index is 2.06. The minimum Gasteiger partial charge on any atom is -0.399 e. The Morgan fingerprint density at radius 2 is 2.16 bits per heavy atom. The van der Waals surface area contributed by atoms with Gasteiger partial charge < -0.3 is 10.6 Å². The third-order valence-corrected chi connectivity index (χ3v) is 4.31. The number of nitrogens with zero attached hydrogens (tertiary/aromatic N) is 1. The van der Waals surface area contributed by atoms with Gasteiger partial charge in [-0.25, -0.2) is 0 Å². The largest absolute Gasteiger partial charge is 0.399 e. The molecule has 1 fully saturated rings. The molecule has 0 aromatic heterocycles. The Labute approximate surface area is 123 Å². The van der Waals surface area contributed by atoms with Gasteiger partial charge in [0.05, 0.1) is 0 Å². The van der Waals surface area contributed by atoms with Crippen LogP contribution in [0, 0.1) is 5.92 Å². The molecule has 1 aromatic rings. The summed E-state index contributed by atoms with van der Waals surface area (Å²) in [4.78, 5) is 14.1. The molecule has 104 valence electrons. The van der Waals surface area contributed by atoms with E-state index in [1.165, 1.54) is 6.42 Å². The first kappa shape index (κ1) is 14.4. The first-order valence-electron chi connectivity index (χ1n) is 6.91. The zero-order valence-electron chi connectivity index (χ0n) is 11.4. The number of hydrogen-bond acceptors (Lipinski definition) is 2. The molecule has 1 aliphatic heterocycles. The summed E-state index contributed by atoms with van der Waals surface area (Å²) >= 11 is 3.45. The van der Waals surface area contributed by atoms with E-state index < -0.39 is 0 Å². The maximum absolute atomic E-state index is 12.1. The topological polar surface area (TPSA) is 46.3 Å². The highest BCUT2D eigenvalue weighted by molar-refractivity contribution is 9.10. The SMILES string of the molecule is CCC1CCC(=O)N(Cc2cc(N)cc(Br)c2)CC1. The number of amides is 1. The highest BCUT2D eigenvalue weighted by Gasteiger charge is 2.21. The summed E-state index contributed by atoms with van der Waals surface area (Å²) in [5.41, 5.74) is 7.67. The third kappa shape index (κ3) is 3.96. The molecule has 0 saturated carbocycles. The van der Waals surface area contributed by atoms with Gasteiger partial charge in [-0.3, -0.25) is 4.79 Å². The molecule has 1 atom stereocenters. The van der Waals surface area contributed by atoms with E-state index in [2.05, 4.69) is 22.9 Å². The minimum absolute atomic E-state index is 0.273. The van der Waals surface area contributed by atoms with Gasteiger partial charge in [0.2, 0.25) is 5.91 Å². The van der Waals surface area contributed by atoms with E-state index in [-0.39, 0.29) is 5.91 Å². The van der Waals surface area contributed by atoms with E-state index in [1.807, 2.05) is 23.1 Å². The standard InChI is InChI=1S/C15H21BrN2O/c1-2-11-3-4-15(19)18(6-5-11)10-12-7-13(16)9-14(17)8-12/h7-9,11H,2-6,10,17H2,1H3. The normalized spacial score (nSPS) is 20.4. The van der Waals surface area contributed by atoms with Crippen LogP contribution in [-0.4, -0.2) is 17.4 Å². The lowest BCUT2D eigenvalue weighted by Crippen LogP contribution is -2.29. The van der Waals surface area contributed by atoms with E-state index in [9.17, 15) is 4.79 Å². The summed E-state index contributed by atoms with van der Waals surface area (Å²) in [6.07, 6.45) is 4.01. The zero-order valence-corrected chi connectivity index (χ0v) is 12.9. The molecule has 1 heterocycles. The number of likely N-dealkylation sites (tertiary alicyclic amines) is 1. The number of carbonyl (C=O) groups excluding carboxylic acids is 1. The van der Waals surface area contributed by atoms with E-state index in [0.29, 0.717) is 18.9 Å². The van der Waals surface area contributed by atoms with Crippen LogP contribution in [0.5, 0.6) is 0 Å². The quantitative estimate of drug-likeness (QED) is 0.864. The summed E-state index contributed by atoms with van der Waals surface area (Å²) in [7, 11) is 0. The van der Waals surface area contributed by atoms with E-state index >= 15 is 0 Å². The van der Waals surface area contributed by atoms with Gasteiger partial charge in [0.15, 0.2) is 0 Å². The van der Waals surface area contributed by atoms with E-state index in [0.717, 1.165) is 35.1 Å². The molecule has 1 aromatic carbocycles. The van der Waals surface area contributed by atoms with Crippen molar-refractivity contribution in [3.05, 3.63) is 28.2 Å². The average Bonchev–Trinajstić information content (AvgIpc) is 2.51. The molecule has 4 heteroatoms. The summed E-state index contributed by atoms with van der Waals surface area (Å²) in [5, 5.41) is 0. The van der Waals surface area contributed by atoms with Crippen molar-refractivity contribution >= 4 is 27.5 Å². The second kappa shape index (κ2) is 6.42. The van der Waals surface area contributed by atoms with Crippen LogP contribution in [0.4, 0.5) is 5.69 Å². The lowest BCUT2D eigenvalue weighted by molar-refractivity contribution is -0.131. The van der Waals surface area contributed by atoms with Crippen LogP contribution < -0.4 is 5.73 Å². The molecule has 3 nitrogen and oxygen atoms in total. The first-order chi connectivity index (χ1) is 9.08. The number of nitrogens with two attached hydrogens (primary N) is 1. The minimum atomic E-state index is 0.273. The van der Waals surface area contributed by atoms with Crippen LogP contribution >= 0.6 is 15.9 Å². The van der Waals surface area contributed by atoms with Crippen LogP contribution in [0.25, 0.3) is 0 Å². The lowest BCUT2D eigenvalue weighted by Gasteiger charge is -2.21. The average molecular weight is 325 g/mol. The molecule has 1 aliphatic rings. The molecule has 19 heavy (non-hydrogen) atoms. The summed E-state index contributed by atoms with van der Waals surface area (Å²) in [6, 6.07) is 5.85. The highest BCUT2D eigenvalue weighted by atomic mass is 79.9. The molecule has 0 bridgehead atoms. The second-order valence-electron chi connectivity index (χ2n) is 5.31. The summed E-state index contributed by atoms with van der Waals surface area (Å²) in [5.74, 6) is 0.969. The summed E-state index contributed by atoms with van der Waals surface area (Å²) < 4.78 is 0.969. The number of nitrogen functional groups attached to an aromatic ring is 1. The molecular formula is C15H21BrN2O. The fraction of sp³-hybridized carbons (Fsp3) is 0.533. The fourth-order valence-electron chi connectivity index (χ4n) is 2.66. The van der Waals surface area contributed by atoms with Crippen LogP contribution in [0.3, 0.4) is 0 Å². The molecule has 1 saturated heterocycles. The van der Waals surface area contributed by atoms with Crippen LogP contribution in [0.2, 0.25) is 0 Å². The van der Waals surface area contributed by atoms with Gasteiger partial charge >= 0.3 is 0 Å². The van der Waals surface area contributed by atoms with Gasteiger partial charge in [0.25, 0.3) is 0 Å². The van der Waals surface area contributed by atoms with Gasteiger partial charge in [0, 0.05) is 29.7 Å². The molecule has 2 rings (SSSR count). The Kier molecular flexibility index (Phi) is 4.86. The fourth-order valence-corrected chi connectivity index (χ4v) is 3.21. The molecule has 0 aliphatic carbocycles. The maximum atomic E-state index is 12.1. The van der Waals surface area contributed by atoms with Crippen molar-refractivity contribution in [3.63, 3.8) is 0 Å². The second-order valence-corrected chi connectivity index (χ2v) is 6.23. The van der Waals surface area contributed by atoms with Crippen molar-refractivity contribution in [2.45, 2.75) is 39.2 Å². The molecule has 0 spiro atoms. The van der Waals surface area contributed by atoms with Crippen LogP contribution in [0.15, 0.2) is 22.7 Å².